The Balaban J connectivity index is 2.18. The molecular formula is C21H20N2O6. The SMILES string of the molecule is COc1cc(-c2cc(C(=O)OCC(N)=O)c3ccccc3n2)cc(OC)c1OC. The van der Waals surface area contributed by atoms with Gasteiger partial charge in [-0.05, 0) is 24.3 Å². The fraction of sp³-hybridized carbons (Fsp3) is 0.190. The molecule has 150 valence electrons. The number of hydrogen-bond donors (Lipinski definition) is 1. The summed E-state index contributed by atoms with van der Waals surface area (Å²) in [7, 11) is 4.55. The Morgan fingerprint density at radius 3 is 2.21 bits per heavy atom. The molecule has 0 aliphatic heterocycles. The van der Waals surface area contributed by atoms with Gasteiger partial charge in [0.15, 0.2) is 18.1 Å². The average molecular weight is 396 g/mol. The first-order chi connectivity index (χ1) is 14.0. The molecule has 0 unspecified atom stereocenters. The Hall–Kier alpha value is -3.81. The van der Waals surface area contributed by atoms with Crippen LogP contribution in [0.3, 0.4) is 0 Å². The second-order valence-corrected chi connectivity index (χ2v) is 6.03. The molecule has 0 atom stereocenters. The first-order valence-corrected chi connectivity index (χ1v) is 8.64. The molecule has 8 nitrogen and oxygen atoms in total. The van der Waals surface area contributed by atoms with Crippen molar-refractivity contribution in [1.29, 1.82) is 0 Å². The van der Waals surface area contributed by atoms with E-state index in [4.69, 9.17) is 24.7 Å². The van der Waals surface area contributed by atoms with Crippen LogP contribution in [0.4, 0.5) is 0 Å². The Labute approximate surface area is 167 Å². The number of nitrogens with zero attached hydrogens (tertiary/aromatic N) is 1. The number of methoxy groups -OCH3 is 3. The van der Waals surface area contributed by atoms with E-state index in [-0.39, 0.29) is 5.56 Å². The molecule has 0 radical (unpaired) electrons. The minimum atomic E-state index is -0.735. The van der Waals surface area contributed by atoms with Crippen molar-refractivity contribution in [2.75, 3.05) is 27.9 Å². The molecular weight excluding hydrogens is 376 g/mol. The minimum Gasteiger partial charge on any atom is -0.493 e. The third-order valence-electron chi connectivity index (χ3n) is 4.24. The van der Waals surface area contributed by atoms with E-state index in [0.29, 0.717) is 39.4 Å². The van der Waals surface area contributed by atoms with E-state index in [1.807, 2.05) is 6.07 Å². The predicted octanol–water partition coefficient (Wildman–Crippen LogP) is 2.57. The van der Waals surface area contributed by atoms with E-state index >= 15 is 0 Å². The van der Waals surface area contributed by atoms with Crippen molar-refractivity contribution in [3.63, 3.8) is 0 Å². The van der Waals surface area contributed by atoms with Gasteiger partial charge in [-0.25, -0.2) is 9.78 Å². The molecule has 0 fully saturated rings. The number of aromatic nitrogens is 1. The lowest BCUT2D eigenvalue weighted by atomic mass is 10.0. The highest BCUT2D eigenvalue weighted by atomic mass is 16.5. The van der Waals surface area contributed by atoms with Crippen molar-refractivity contribution in [1.82, 2.24) is 4.98 Å². The number of amides is 1. The van der Waals surface area contributed by atoms with Gasteiger partial charge >= 0.3 is 5.97 Å². The fourth-order valence-corrected chi connectivity index (χ4v) is 2.94. The zero-order chi connectivity index (χ0) is 21.0. The number of rotatable bonds is 7. The summed E-state index contributed by atoms with van der Waals surface area (Å²) in [5.74, 6) is -0.0531. The van der Waals surface area contributed by atoms with Crippen LogP contribution in [0.15, 0.2) is 42.5 Å². The Morgan fingerprint density at radius 1 is 0.966 bits per heavy atom. The number of carbonyl (C=O) groups excluding carboxylic acids is 2. The molecule has 3 rings (SSSR count). The molecule has 1 aromatic heterocycles. The van der Waals surface area contributed by atoms with Crippen molar-refractivity contribution in [3.05, 3.63) is 48.0 Å². The number of ether oxygens (including phenoxy) is 4. The molecule has 0 bridgehead atoms. The number of pyridine rings is 1. The summed E-state index contributed by atoms with van der Waals surface area (Å²) in [5, 5.41) is 0.596. The summed E-state index contributed by atoms with van der Waals surface area (Å²) >= 11 is 0. The third-order valence-corrected chi connectivity index (χ3v) is 4.24. The topological polar surface area (TPSA) is 110 Å². The standard InChI is InChI=1S/C21H20N2O6/c1-26-17-8-12(9-18(27-2)20(17)28-3)16-10-14(21(25)29-11-19(22)24)13-6-4-5-7-15(13)23-16/h4-10H,11H2,1-3H3,(H2,22,24). The quantitative estimate of drug-likeness (QED) is 0.611. The normalized spacial score (nSPS) is 10.4. The number of fused-ring (bicyclic) bond motifs is 1. The van der Waals surface area contributed by atoms with Crippen molar-refractivity contribution < 1.29 is 28.5 Å². The van der Waals surface area contributed by atoms with Gasteiger partial charge in [0.2, 0.25) is 5.75 Å². The fourth-order valence-electron chi connectivity index (χ4n) is 2.94. The van der Waals surface area contributed by atoms with Crippen LogP contribution in [0.25, 0.3) is 22.2 Å². The Morgan fingerprint density at radius 2 is 1.62 bits per heavy atom. The number of nitrogens with two attached hydrogens (primary N) is 1. The molecule has 0 saturated carbocycles. The van der Waals surface area contributed by atoms with E-state index < -0.39 is 18.5 Å². The number of carbonyl (C=O) groups is 2. The van der Waals surface area contributed by atoms with E-state index in [1.54, 1.807) is 36.4 Å². The summed E-state index contributed by atoms with van der Waals surface area (Å²) in [6.45, 7) is -0.505. The van der Waals surface area contributed by atoms with E-state index in [2.05, 4.69) is 4.98 Å². The maximum Gasteiger partial charge on any atom is 0.339 e. The zero-order valence-electron chi connectivity index (χ0n) is 16.2. The van der Waals surface area contributed by atoms with Gasteiger partial charge in [-0.2, -0.15) is 0 Å². The highest BCUT2D eigenvalue weighted by Crippen LogP contribution is 2.41. The van der Waals surface area contributed by atoms with Crippen LogP contribution in [0.5, 0.6) is 17.2 Å². The molecule has 8 heteroatoms. The van der Waals surface area contributed by atoms with Crippen LogP contribution in [0.2, 0.25) is 0 Å². The monoisotopic (exact) mass is 396 g/mol. The van der Waals surface area contributed by atoms with Crippen molar-refractivity contribution in [3.8, 4) is 28.5 Å². The first kappa shape index (κ1) is 19.9. The average Bonchev–Trinajstić information content (AvgIpc) is 2.75. The molecule has 0 saturated heterocycles. The van der Waals surface area contributed by atoms with Gasteiger partial charge in [0.1, 0.15) is 0 Å². The van der Waals surface area contributed by atoms with E-state index in [1.165, 1.54) is 21.3 Å². The number of primary amides is 1. The van der Waals surface area contributed by atoms with Crippen LogP contribution in [-0.4, -0.2) is 44.8 Å². The number of para-hydroxylation sites is 1. The van der Waals surface area contributed by atoms with Crippen molar-refractivity contribution >= 4 is 22.8 Å². The van der Waals surface area contributed by atoms with Gasteiger partial charge in [0.05, 0.1) is 38.1 Å². The van der Waals surface area contributed by atoms with Gasteiger partial charge in [0, 0.05) is 10.9 Å². The lowest BCUT2D eigenvalue weighted by molar-refractivity contribution is -0.121. The van der Waals surface area contributed by atoms with Gasteiger partial charge < -0.3 is 24.7 Å². The third kappa shape index (κ3) is 4.06. The van der Waals surface area contributed by atoms with E-state index in [0.717, 1.165) is 0 Å². The van der Waals surface area contributed by atoms with Crippen LogP contribution in [0.1, 0.15) is 10.4 Å². The maximum atomic E-state index is 12.6. The summed E-state index contributed by atoms with van der Waals surface area (Å²) in [4.78, 5) is 28.2. The van der Waals surface area contributed by atoms with Crippen molar-refractivity contribution in [2.24, 2.45) is 5.73 Å². The molecule has 29 heavy (non-hydrogen) atoms. The van der Waals surface area contributed by atoms with Gasteiger partial charge in [-0.15, -0.1) is 0 Å². The highest BCUT2D eigenvalue weighted by molar-refractivity contribution is 6.05. The smallest absolute Gasteiger partial charge is 0.339 e. The number of esters is 1. The number of hydrogen-bond acceptors (Lipinski definition) is 7. The van der Waals surface area contributed by atoms with Crippen molar-refractivity contribution in [2.45, 2.75) is 0 Å². The second-order valence-electron chi connectivity index (χ2n) is 6.03. The van der Waals surface area contributed by atoms with Gasteiger partial charge in [-0.3, -0.25) is 4.79 Å². The second kappa shape index (κ2) is 8.47. The van der Waals surface area contributed by atoms with Gasteiger partial charge in [0.25, 0.3) is 5.91 Å². The molecule has 0 spiro atoms. The summed E-state index contributed by atoms with van der Waals surface area (Å²) < 4.78 is 21.1. The molecule has 1 heterocycles. The van der Waals surface area contributed by atoms with Crippen LogP contribution >= 0.6 is 0 Å². The van der Waals surface area contributed by atoms with Crippen LogP contribution in [-0.2, 0) is 9.53 Å². The zero-order valence-corrected chi connectivity index (χ0v) is 16.2. The first-order valence-electron chi connectivity index (χ1n) is 8.64. The lowest BCUT2D eigenvalue weighted by Gasteiger charge is -2.15. The summed E-state index contributed by atoms with van der Waals surface area (Å²) in [6.07, 6.45) is 0. The number of benzene rings is 2. The molecule has 2 aromatic carbocycles. The molecule has 2 N–H and O–H groups in total. The highest BCUT2D eigenvalue weighted by Gasteiger charge is 2.19. The summed E-state index contributed by atoms with van der Waals surface area (Å²) in [5.41, 5.74) is 7.07. The molecule has 0 aliphatic carbocycles. The van der Waals surface area contributed by atoms with Crippen LogP contribution in [0, 0.1) is 0 Å². The largest absolute Gasteiger partial charge is 0.493 e. The minimum absolute atomic E-state index is 0.264. The predicted molar refractivity (Wildman–Crippen MR) is 106 cm³/mol. The molecule has 1 amide bonds. The molecule has 0 aliphatic rings. The Kier molecular flexibility index (Phi) is 5.82. The van der Waals surface area contributed by atoms with E-state index in [9.17, 15) is 9.59 Å². The lowest BCUT2D eigenvalue weighted by Crippen LogP contribution is -2.21. The Bertz CT molecular complexity index is 1050. The summed E-state index contributed by atoms with van der Waals surface area (Å²) in [6, 6.07) is 12.2. The van der Waals surface area contributed by atoms with Crippen LogP contribution < -0.4 is 19.9 Å². The van der Waals surface area contributed by atoms with Gasteiger partial charge in [-0.1, -0.05) is 18.2 Å². The molecule has 3 aromatic rings. The maximum absolute atomic E-state index is 12.6.